The fraction of sp³-hybridized carbons (Fsp3) is 0. The minimum atomic E-state index is 0.132. The van der Waals surface area contributed by atoms with Crippen LogP contribution in [-0.4, -0.2) is 11.3 Å². The van der Waals surface area contributed by atoms with Crippen molar-refractivity contribution in [1.29, 1.82) is 0 Å². The van der Waals surface area contributed by atoms with E-state index in [-0.39, 0.29) is 5.11 Å². The Bertz CT molecular complexity index is 309. The smallest absolute Gasteiger partial charge is 0.184 e. The molecular formula is C6H6IN3OS. The highest BCUT2D eigenvalue weighted by molar-refractivity contribution is 14.1. The van der Waals surface area contributed by atoms with E-state index in [2.05, 4.69) is 45.3 Å². The Balaban J connectivity index is 2.52. The highest BCUT2D eigenvalue weighted by atomic mass is 127. The Hall–Kier alpha value is -0.630. The summed E-state index contributed by atoms with van der Waals surface area (Å²) in [5, 5.41) is 3.85. The van der Waals surface area contributed by atoms with Crippen molar-refractivity contribution in [2.24, 2.45) is 10.8 Å². The van der Waals surface area contributed by atoms with E-state index in [1.807, 2.05) is 6.07 Å². The van der Waals surface area contributed by atoms with Gasteiger partial charge < -0.3 is 10.2 Å². The van der Waals surface area contributed by atoms with Gasteiger partial charge in [-0.1, -0.05) is 0 Å². The molecule has 0 atom stereocenters. The van der Waals surface area contributed by atoms with Gasteiger partial charge in [-0.25, -0.2) is 0 Å². The lowest BCUT2D eigenvalue weighted by Crippen LogP contribution is -2.23. The van der Waals surface area contributed by atoms with Crippen LogP contribution in [0.4, 0.5) is 0 Å². The van der Waals surface area contributed by atoms with E-state index in [9.17, 15) is 0 Å². The number of hydrogen-bond acceptors (Lipinski definition) is 3. The van der Waals surface area contributed by atoms with Crippen molar-refractivity contribution in [3.05, 3.63) is 21.7 Å². The van der Waals surface area contributed by atoms with Gasteiger partial charge in [0.1, 0.15) is 5.76 Å². The van der Waals surface area contributed by atoms with E-state index in [1.54, 1.807) is 6.07 Å². The van der Waals surface area contributed by atoms with Crippen LogP contribution in [0.3, 0.4) is 0 Å². The van der Waals surface area contributed by atoms with Crippen molar-refractivity contribution in [2.75, 3.05) is 0 Å². The lowest BCUT2D eigenvalue weighted by atomic mass is 10.5. The molecular weight excluding hydrogens is 289 g/mol. The summed E-state index contributed by atoms with van der Waals surface area (Å²) in [5.41, 5.74) is 7.56. The van der Waals surface area contributed by atoms with Crippen molar-refractivity contribution < 1.29 is 4.42 Å². The Morgan fingerprint density at radius 1 is 1.75 bits per heavy atom. The molecule has 0 aliphatic heterocycles. The van der Waals surface area contributed by atoms with Gasteiger partial charge in [0.15, 0.2) is 8.88 Å². The predicted octanol–water partition coefficient (Wildman–Crippen LogP) is 1.05. The van der Waals surface area contributed by atoms with E-state index in [0.29, 0.717) is 5.76 Å². The molecule has 0 aliphatic carbocycles. The van der Waals surface area contributed by atoms with Crippen LogP contribution < -0.4 is 11.2 Å². The maximum atomic E-state index is 5.18. The average Bonchev–Trinajstić information content (AvgIpc) is 2.35. The monoisotopic (exact) mass is 295 g/mol. The zero-order valence-electron chi connectivity index (χ0n) is 5.95. The summed E-state index contributed by atoms with van der Waals surface area (Å²) in [6, 6.07) is 3.63. The van der Waals surface area contributed by atoms with E-state index in [1.165, 1.54) is 6.21 Å². The summed E-state index contributed by atoms with van der Waals surface area (Å²) in [4.78, 5) is 0. The zero-order chi connectivity index (χ0) is 8.97. The van der Waals surface area contributed by atoms with Gasteiger partial charge in [0.25, 0.3) is 0 Å². The summed E-state index contributed by atoms with van der Waals surface area (Å²) in [6.45, 7) is 0. The molecule has 0 aromatic carbocycles. The number of nitrogens with one attached hydrogen (secondary N) is 1. The van der Waals surface area contributed by atoms with Crippen LogP contribution >= 0.6 is 34.8 Å². The average molecular weight is 295 g/mol. The first kappa shape index (κ1) is 9.46. The van der Waals surface area contributed by atoms with Crippen molar-refractivity contribution in [3.8, 4) is 0 Å². The molecule has 1 aromatic heterocycles. The Morgan fingerprint density at radius 2 is 2.50 bits per heavy atom. The molecule has 0 saturated heterocycles. The molecule has 64 valence electrons. The Morgan fingerprint density at radius 3 is 3.00 bits per heavy atom. The summed E-state index contributed by atoms with van der Waals surface area (Å²) in [6.07, 6.45) is 1.50. The molecule has 1 rings (SSSR count). The number of hydrogen-bond donors (Lipinski definition) is 2. The summed E-state index contributed by atoms with van der Waals surface area (Å²) < 4.78 is 5.99. The quantitative estimate of drug-likeness (QED) is 0.370. The second-order valence-electron chi connectivity index (χ2n) is 1.88. The normalized spacial score (nSPS) is 10.4. The molecule has 0 amide bonds. The number of hydrazone groups is 1. The van der Waals surface area contributed by atoms with Gasteiger partial charge in [-0.15, -0.1) is 0 Å². The van der Waals surface area contributed by atoms with Gasteiger partial charge in [0.05, 0.1) is 6.21 Å². The van der Waals surface area contributed by atoms with Crippen LogP contribution in [0, 0.1) is 3.77 Å². The molecule has 0 radical (unpaired) electrons. The lowest BCUT2D eigenvalue weighted by molar-refractivity contribution is 0.531. The first-order chi connectivity index (χ1) is 5.68. The number of thiocarbonyl (C=S) groups is 1. The van der Waals surface area contributed by atoms with Gasteiger partial charge in [-0.2, -0.15) is 5.10 Å². The molecule has 0 bridgehead atoms. The molecule has 1 heterocycles. The maximum absolute atomic E-state index is 5.18. The summed E-state index contributed by atoms with van der Waals surface area (Å²) in [5.74, 6) is 0.656. The lowest BCUT2D eigenvalue weighted by Gasteiger charge is -1.91. The van der Waals surface area contributed by atoms with Crippen molar-refractivity contribution >= 4 is 46.1 Å². The molecule has 0 saturated carbocycles. The second-order valence-corrected chi connectivity index (χ2v) is 3.38. The molecule has 0 aliphatic rings. The highest BCUT2D eigenvalue weighted by Crippen LogP contribution is 2.07. The molecule has 0 fully saturated rings. The number of nitrogens with two attached hydrogens (primary N) is 1. The largest absolute Gasteiger partial charge is 0.449 e. The maximum Gasteiger partial charge on any atom is 0.184 e. The minimum Gasteiger partial charge on any atom is -0.449 e. The fourth-order valence-electron chi connectivity index (χ4n) is 0.557. The van der Waals surface area contributed by atoms with Crippen molar-refractivity contribution in [1.82, 2.24) is 5.43 Å². The van der Waals surface area contributed by atoms with Gasteiger partial charge in [-0.05, 0) is 46.9 Å². The van der Waals surface area contributed by atoms with Gasteiger partial charge in [0.2, 0.25) is 0 Å². The van der Waals surface area contributed by atoms with Crippen LogP contribution in [0.15, 0.2) is 21.7 Å². The summed E-state index contributed by atoms with van der Waals surface area (Å²) >= 11 is 6.60. The van der Waals surface area contributed by atoms with Gasteiger partial charge >= 0.3 is 0 Å². The molecule has 4 nitrogen and oxygen atoms in total. The zero-order valence-corrected chi connectivity index (χ0v) is 8.93. The van der Waals surface area contributed by atoms with E-state index < -0.39 is 0 Å². The number of rotatable bonds is 2. The first-order valence-electron chi connectivity index (χ1n) is 3.02. The standard InChI is InChI=1S/C6H6IN3OS/c7-5-2-1-4(11-5)3-9-10-6(8)12/h1-3H,(H3,8,10,12)/b9-3-. The van der Waals surface area contributed by atoms with E-state index in [4.69, 9.17) is 10.2 Å². The second kappa shape index (κ2) is 4.41. The molecule has 12 heavy (non-hydrogen) atoms. The number of halogens is 1. The van der Waals surface area contributed by atoms with Gasteiger partial charge in [0, 0.05) is 0 Å². The number of furan rings is 1. The van der Waals surface area contributed by atoms with Crippen LogP contribution in [0.1, 0.15) is 5.76 Å². The highest BCUT2D eigenvalue weighted by Gasteiger charge is 1.93. The Kier molecular flexibility index (Phi) is 3.48. The van der Waals surface area contributed by atoms with Crippen molar-refractivity contribution in [2.45, 2.75) is 0 Å². The third-order valence-corrected chi connectivity index (χ3v) is 1.63. The van der Waals surface area contributed by atoms with E-state index >= 15 is 0 Å². The molecule has 1 aromatic rings. The molecule has 0 unspecified atom stereocenters. The van der Waals surface area contributed by atoms with Gasteiger partial charge in [-0.3, -0.25) is 5.43 Å². The topological polar surface area (TPSA) is 63.5 Å². The third-order valence-electron chi connectivity index (χ3n) is 0.961. The predicted molar refractivity (Wildman–Crippen MR) is 58.9 cm³/mol. The SMILES string of the molecule is NC(=S)N/N=C\c1ccc(I)o1. The van der Waals surface area contributed by atoms with Crippen LogP contribution in [-0.2, 0) is 0 Å². The van der Waals surface area contributed by atoms with E-state index in [0.717, 1.165) is 3.77 Å². The number of nitrogens with zero attached hydrogens (tertiary/aromatic N) is 1. The molecule has 3 N–H and O–H groups in total. The van der Waals surface area contributed by atoms with Crippen molar-refractivity contribution in [3.63, 3.8) is 0 Å². The Labute approximate surface area is 88.3 Å². The fourth-order valence-corrected chi connectivity index (χ4v) is 1.04. The van der Waals surface area contributed by atoms with Crippen LogP contribution in [0.25, 0.3) is 0 Å². The first-order valence-corrected chi connectivity index (χ1v) is 4.51. The van der Waals surface area contributed by atoms with Crippen LogP contribution in [0.5, 0.6) is 0 Å². The summed E-state index contributed by atoms with van der Waals surface area (Å²) in [7, 11) is 0. The molecule has 6 heteroatoms. The minimum absolute atomic E-state index is 0.132. The molecule has 0 spiro atoms. The third kappa shape index (κ3) is 3.18. The van der Waals surface area contributed by atoms with Crippen LogP contribution in [0.2, 0.25) is 0 Å².